The Labute approximate surface area is 130 Å². The Morgan fingerprint density at radius 1 is 1.36 bits per heavy atom. The van der Waals surface area contributed by atoms with Gasteiger partial charge in [0, 0.05) is 25.6 Å². The molecule has 22 heavy (non-hydrogen) atoms. The maximum Gasteiger partial charge on any atom is 0.246 e. The van der Waals surface area contributed by atoms with Crippen LogP contribution in [0.4, 0.5) is 0 Å². The Balaban J connectivity index is 1.72. The van der Waals surface area contributed by atoms with Crippen LogP contribution in [0.25, 0.3) is 0 Å². The number of nitrogens with one attached hydrogen (secondary N) is 1. The van der Waals surface area contributed by atoms with E-state index in [1.807, 2.05) is 18.2 Å². The number of hydrogen-bond acceptors (Lipinski definition) is 5. The van der Waals surface area contributed by atoms with Crippen LogP contribution in [-0.2, 0) is 20.7 Å². The summed E-state index contributed by atoms with van der Waals surface area (Å²) in [5.74, 6) is 1.81. The molecule has 0 spiro atoms. The van der Waals surface area contributed by atoms with Crippen molar-refractivity contribution in [1.29, 1.82) is 0 Å². The third-order valence-corrected chi connectivity index (χ3v) is 3.51. The van der Waals surface area contributed by atoms with Crippen LogP contribution in [0.2, 0.25) is 0 Å². The monoisotopic (exact) mass is 309 g/mol. The summed E-state index contributed by atoms with van der Waals surface area (Å²) in [4.78, 5) is 11.6. The summed E-state index contributed by atoms with van der Waals surface area (Å²) in [5, 5.41) is 2.87. The molecule has 1 aliphatic heterocycles. The fraction of sp³-hybridized carbons (Fsp3) is 0.562. The molecule has 1 atom stereocenters. The zero-order chi connectivity index (χ0) is 15.8. The van der Waals surface area contributed by atoms with E-state index in [0.29, 0.717) is 26.4 Å². The average molecular weight is 309 g/mol. The standard InChI is InChI=1S/C16H23NO5/c1-19-5-6-21-11-16(18)17-9-12-7-13-3-4-14(20-2)8-15(13)22-10-12/h3-4,8,12H,5-7,9-11H2,1-2H3,(H,17,18). The quantitative estimate of drug-likeness (QED) is 0.727. The number of carbonyl (C=O) groups is 1. The van der Waals surface area contributed by atoms with E-state index >= 15 is 0 Å². The lowest BCUT2D eigenvalue weighted by molar-refractivity contribution is -0.126. The van der Waals surface area contributed by atoms with Gasteiger partial charge in [-0.3, -0.25) is 4.79 Å². The third kappa shape index (κ3) is 4.89. The molecule has 0 saturated heterocycles. The Hall–Kier alpha value is -1.79. The maximum atomic E-state index is 11.6. The van der Waals surface area contributed by atoms with Crippen molar-refractivity contribution in [1.82, 2.24) is 5.32 Å². The van der Waals surface area contributed by atoms with Gasteiger partial charge in [-0.25, -0.2) is 0 Å². The summed E-state index contributed by atoms with van der Waals surface area (Å²) in [6.07, 6.45) is 0.879. The molecule has 1 unspecified atom stereocenters. The van der Waals surface area contributed by atoms with E-state index in [2.05, 4.69) is 5.32 Å². The van der Waals surface area contributed by atoms with Gasteiger partial charge in [0.1, 0.15) is 18.1 Å². The van der Waals surface area contributed by atoms with Crippen molar-refractivity contribution in [2.24, 2.45) is 5.92 Å². The molecule has 0 saturated carbocycles. The molecule has 1 aliphatic rings. The van der Waals surface area contributed by atoms with Crippen LogP contribution in [0, 0.1) is 5.92 Å². The molecule has 1 aromatic carbocycles. The first-order valence-electron chi connectivity index (χ1n) is 7.36. The second-order valence-corrected chi connectivity index (χ2v) is 5.20. The maximum absolute atomic E-state index is 11.6. The van der Waals surface area contributed by atoms with Crippen LogP contribution in [0.3, 0.4) is 0 Å². The van der Waals surface area contributed by atoms with Gasteiger partial charge in [-0.1, -0.05) is 6.07 Å². The van der Waals surface area contributed by atoms with E-state index in [1.54, 1.807) is 14.2 Å². The van der Waals surface area contributed by atoms with Crippen molar-refractivity contribution in [3.05, 3.63) is 23.8 Å². The first kappa shape index (κ1) is 16.6. The van der Waals surface area contributed by atoms with Crippen molar-refractivity contribution in [2.45, 2.75) is 6.42 Å². The van der Waals surface area contributed by atoms with Gasteiger partial charge in [0.25, 0.3) is 0 Å². The highest BCUT2D eigenvalue weighted by Gasteiger charge is 2.20. The molecule has 2 rings (SSSR count). The lowest BCUT2D eigenvalue weighted by Crippen LogP contribution is -2.36. The number of fused-ring (bicyclic) bond motifs is 1. The third-order valence-electron chi connectivity index (χ3n) is 3.51. The highest BCUT2D eigenvalue weighted by Crippen LogP contribution is 2.30. The second-order valence-electron chi connectivity index (χ2n) is 5.20. The van der Waals surface area contributed by atoms with Gasteiger partial charge in [-0.15, -0.1) is 0 Å². The van der Waals surface area contributed by atoms with Gasteiger partial charge >= 0.3 is 0 Å². The van der Waals surface area contributed by atoms with Crippen LogP contribution in [0.15, 0.2) is 18.2 Å². The molecule has 0 radical (unpaired) electrons. The van der Waals surface area contributed by atoms with Crippen LogP contribution in [-0.4, -0.2) is 53.1 Å². The van der Waals surface area contributed by atoms with E-state index in [9.17, 15) is 4.79 Å². The smallest absolute Gasteiger partial charge is 0.246 e. The Kier molecular flexibility index (Phi) is 6.48. The van der Waals surface area contributed by atoms with Gasteiger partial charge in [0.2, 0.25) is 5.91 Å². The number of hydrogen-bond donors (Lipinski definition) is 1. The lowest BCUT2D eigenvalue weighted by atomic mass is 9.96. The molecule has 1 heterocycles. The fourth-order valence-corrected chi connectivity index (χ4v) is 2.29. The molecule has 6 heteroatoms. The van der Waals surface area contributed by atoms with Crippen molar-refractivity contribution in [3.63, 3.8) is 0 Å². The summed E-state index contributed by atoms with van der Waals surface area (Å²) < 4.78 is 20.9. The number of carbonyl (C=O) groups excluding carboxylic acids is 1. The van der Waals surface area contributed by atoms with E-state index in [4.69, 9.17) is 18.9 Å². The highest BCUT2D eigenvalue weighted by molar-refractivity contribution is 5.77. The van der Waals surface area contributed by atoms with E-state index in [1.165, 1.54) is 0 Å². The second kappa shape index (κ2) is 8.60. The zero-order valence-corrected chi connectivity index (χ0v) is 13.1. The van der Waals surface area contributed by atoms with Crippen LogP contribution in [0.5, 0.6) is 11.5 Å². The van der Waals surface area contributed by atoms with Crippen LogP contribution >= 0.6 is 0 Å². The van der Waals surface area contributed by atoms with E-state index in [0.717, 1.165) is 23.5 Å². The number of ether oxygens (including phenoxy) is 4. The molecular weight excluding hydrogens is 286 g/mol. The largest absolute Gasteiger partial charge is 0.497 e. The number of benzene rings is 1. The first-order valence-corrected chi connectivity index (χ1v) is 7.36. The molecule has 0 aromatic heterocycles. The molecule has 1 amide bonds. The minimum absolute atomic E-state index is 0.0602. The van der Waals surface area contributed by atoms with Gasteiger partial charge in [0.05, 0.1) is 26.9 Å². The molecule has 0 aliphatic carbocycles. The Bertz CT molecular complexity index is 491. The molecule has 6 nitrogen and oxygen atoms in total. The van der Waals surface area contributed by atoms with E-state index < -0.39 is 0 Å². The van der Waals surface area contributed by atoms with E-state index in [-0.39, 0.29) is 18.4 Å². The Morgan fingerprint density at radius 2 is 2.23 bits per heavy atom. The molecule has 122 valence electrons. The molecule has 0 bridgehead atoms. The molecule has 1 aromatic rings. The highest BCUT2D eigenvalue weighted by atomic mass is 16.5. The number of methoxy groups -OCH3 is 2. The summed E-state index contributed by atoms with van der Waals surface area (Å²) in [6.45, 7) is 2.14. The predicted molar refractivity (Wildman–Crippen MR) is 81.4 cm³/mol. The first-order chi connectivity index (χ1) is 10.7. The average Bonchev–Trinajstić information content (AvgIpc) is 2.56. The topological polar surface area (TPSA) is 66.0 Å². The number of rotatable bonds is 8. The van der Waals surface area contributed by atoms with Crippen LogP contribution < -0.4 is 14.8 Å². The van der Waals surface area contributed by atoms with Crippen molar-refractivity contribution in [2.75, 3.05) is 47.2 Å². The van der Waals surface area contributed by atoms with Crippen molar-refractivity contribution in [3.8, 4) is 11.5 Å². The SMILES string of the molecule is COCCOCC(=O)NCC1COc2cc(OC)ccc2C1. The van der Waals surface area contributed by atoms with Gasteiger partial charge in [-0.05, 0) is 18.1 Å². The number of amides is 1. The van der Waals surface area contributed by atoms with Crippen LogP contribution in [0.1, 0.15) is 5.56 Å². The summed E-state index contributed by atoms with van der Waals surface area (Å²) in [6, 6.07) is 5.83. The fourth-order valence-electron chi connectivity index (χ4n) is 2.29. The van der Waals surface area contributed by atoms with Gasteiger partial charge in [0.15, 0.2) is 0 Å². The summed E-state index contributed by atoms with van der Waals surface area (Å²) in [7, 11) is 3.23. The summed E-state index contributed by atoms with van der Waals surface area (Å²) >= 11 is 0. The lowest BCUT2D eigenvalue weighted by Gasteiger charge is -2.25. The molecular formula is C16H23NO5. The normalized spacial score (nSPS) is 16.5. The van der Waals surface area contributed by atoms with Crippen molar-refractivity contribution < 1.29 is 23.7 Å². The van der Waals surface area contributed by atoms with Crippen molar-refractivity contribution >= 4 is 5.91 Å². The predicted octanol–water partition coefficient (Wildman–Crippen LogP) is 1.03. The molecule has 0 fully saturated rings. The van der Waals surface area contributed by atoms with Gasteiger partial charge < -0.3 is 24.3 Å². The minimum atomic E-state index is -0.114. The Morgan fingerprint density at radius 3 is 3.00 bits per heavy atom. The molecule has 1 N–H and O–H groups in total. The zero-order valence-electron chi connectivity index (χ0n) is 13.1. The van der Waals surface area contributed by atoms with Gasteiger partial charge in [-0.2, -0.15) is 0 Å². The summed E-state index contributed by atoms with van der Waals surface area (Å²) in [5.41, 5.74) is 1.14. The minimum Gasteiger partial charge on any atom is -0.497 e.